The summed E-state index contributed by atoms with van der Waals surface area (Å²) < 4.78 is 37.0. The van der Waals surface area contributed by atoms with E-state index in [4.69, 9.17) is 0 Å². The van der Waals surface area contributed by atoms with Crippen molar-refractivity contribution in [3.05, 3.63) is 23.9 Å². The lowest BCUT2D eigenvalue weighted by atomic mass is 10.2. The van der Waals surface area contributed by atoms with Crippen molar-refractivity contribution in [3.8, 4) is 0 Å². The zero-order valence-corrected chi connectivity index (χ0v) is 11.9. The van der Waals surface area contributed by atoms with Crippen LogP contribution in [0.5, 0.6) is 0 Å². The molecule has 6 heteroatoms. The van der Waals surface area contributed by atoms with Gasteiger partial charge in [-0.05, 0) is 37.6 Å². The van der Waals surface area contributed by atoms with E-state index in [1.807, 2.05) is 0 Å². The molecule has 0 saturated carbocycles. The quantitative estimate of drug-likeness (QED) is 0.611. The molecule has 0 fully saturated rings. The van der Waals surface area contributed by atoms with Crippen LogP contribution in [0.15, 0.2) is 23.4 Å². The van der Waals surface area contributed by atoms with Gasteiger partial charge in [0, 0.05) is 11.9 Å². The Morgan fingerprint density at radius 3 is 2.58 bits per heavy atom. The highest BCUT2D eigenvalue weighted by molar-refractivity contribution is 7.99. The topological polar surface area (TPSA) is 24.9 Å². The van der Waals surface area contributed by atoms with Crippen LogP contribution in [0, 0.1) is 5.92 Å². The van der Waals surface area contributed by atoms with Crippen molar-refractivity contribution >= 4 is 11.8 Å². The summed E-state index contributed by atoms with van der Waals surface area (Å²) >= 11 is 1.48. The number of aromatic nitrogens is 1. The second-order valence-electron chi connectivity index (χ2n) is 4.68. The fourth-order valence-corrected chi connectivity index (χ4v) is 2.19. The highest BCUT2D eigenvalue weighted by atomic mass is 32.2. The normalized spacial score (nSPS) is 12.1. The maximum Gasteiger partial charge on any atom is 0.417 e. The molecule has 0 spiro atoms. The van der Waals surface area contributed by atoms with Crippen molar-refractivity contribution in [1.29, 1.82) is 0 Å². The Hall–Kier alpha value is -0.750. The molecule has 0 aliphatic rings. The molecule has 0 aliphatic carbocycles. The highest BCUT2D eigenvalue weighted by Crippen LogP contribution is 2.29. The Morgan fingerprint density at radius 1 is 1.32 bits per heavy atom. The van der Waals surface area contributed by atoms with Crippen molar-refractivity contribution in [2.24, 2.45) is 5.92 Å². The third-order valence-electron chi connectivity index (χ3n) is 2.36. The molecule has 1 heterocycles. The Labute approximate surface area is 116 Å². The molecule has 1 aromatic heterocycles. The lowest BCUT2D eigenvalue weighted by Crippen LogP contribution is -2.21. The first-order chi connectivity index (χ1) is 8.89. The van der Waals surface area contributed by atoms with Crippen molar-refractivity contribution in [3.63, 3.8) is 0 Å². The zero-order chi connectivity index (χ0) is 14.3. The van der Waals surface area contributed by atoms with E-state index in [0.29, 0.717) is 10.9 Å². The molecule has 19 heavy (non-hydrogen) atoms. The molecule has 0 aromatic carbocycles. The molecular weight excluding hydrogens is 273 g/mol. The van der Waals surface area contributed by atoms with Gasteiger partial charge in [0.2, 0.25) is 0 Å². The molecule has 1 aromatic rings. The van der Waals surface area contributed by atoms with E-state index in [9.17, 15) is 13.2 Å². The van der Waals surface area contributed by atoms with E-state index in [1.165, 1.54) is 17.8 Å². The van der Waals surface area contributed by atoms with E-state index in [-0.39, 0.29) is 0 Å². The van der Waals surface area contributed by atoms with E-state index in [0.717, 1.165) is 37.5 Å². The van der Waals surface area contributed by atoms with Crippen molar-refractivity contribution < 1.29 is 13.2 Å². The molecule has 2 nitrogen and oxygen atoms in total. The number of hydrogen-bond donors (Lipinski definition) is 1. The second kappa shape index (κ2) is 7.75. The minimum Gasteiger partial charge on any atom is -0.316 e. The Balaban J connectivity index is 2.23. The maximum atomic E-state index is 12.3. The zero-order valence-electron chi connectivity index (χ0n) is 11.1. The molecule has 0 bridgehead atoms. The summed E-state index contributed by atoms with van der Waals surface area (Å²) in [5.74, 6) is 1.48. The van der Waals surface area contributed by atoms with Crippen LogP contribution < -0.4 is 5.32 Å². The number of thioether (sulfide) groups is 1. The summed E-state index contributed by atoms with van der Waals surface area (Å²) in [4.78, 5) is 3.81. The predicted molar refractivity (Wildman–Crippen MR) is 72.3 cm³/mol. The van der Waals surface area contributed by atoms with Crippen molar-refractivity contribution in [2.45, 2.75) is 31.5 Å². The van der Waals surface area contributed by atoms with Crippen LogP contribution in [-0.2, 0) is 6.18 Å². The van der Waals surface area contributed by atoms with E-state index >= 15 is 0 Å². The Bertz CT molecular complexity index is 363. The lowest BCUT2D eigenvalue weighted by Gasteiger charge is -2.08. The van der Waals surface area contributed by atoms with Gasteiger partial charge in [0.25, 0.3) is 0 Å². The number of hydrogen-bond acceptors (Lipinski definition) is 3. The minimum atomic E-state index is -4.31. The monoisotopic (exact) mass is 292 g/mol. The van der Waals surface area contributed by atoms with E-state index < -0.39 is 11.7 Å². The summed E-state index contributed by atoms with van der Waals surface area (Å²) in [5.41, 5.74) is -0.699. The number of nitrogens with one attached hydrogen (secondary N) is 1. The van der Waals surface area contributed by atoms with Crippen LogP contribution >= 0.6 is 11.8 Å². The van der Waals surface area contributed by atoms with E-state index in [2.05, 4.69) is 24.1 Å². The predicted octanol–water partition coefficient (Wildman–Crippen LogP) is 3.83. The first-order valence-electron chi connectivity index (χ1n) is 6.26. The Morgan fingerprint density at radius 2 is 2.05 bits per heavy atom. The van der Waals surface area contributed by atoms with Crippen molar-refractivity contribution in [1.82, 2.24) is 10.3 Å². The average molecular weight is 292 g/mol. The SMILES string of the molecule is CC(C)CNCCCSc1ccc(C(F)(F)F)cn1. The number of alkyl halides is 3. The summed E-state index contributed by atoms with van der Waals surface area (Å²) in [6.45, 7) is 6.21. The van der Waals surface area contributed by atoms with Crippen LogP contribution in [0.3, 0.4) is 0 Å². The van der Waals surface area contributed by atoms with Crippen LogP contribution in [0.1, 0.15) is 25.8 Å². The number of pyridine rings is 1. The lowest BCUT2D eigenvalue weighted by molar-refractivity contribution is -0.137. The number of nitrogens with zero attached hydrogens (tertiary/aromatic N) is 1. The summed E-state index contributed by atoms with van der Waals surface area (Å²) in [7, 11) is 0. The molecule has 1 N–H and O–H groups in total. The van der Waals surface area contributed by atoms with Gasteiger partial charge in [0.1, 0.15) is 0 Å². The van der Waals surface area contributed by atoms with Gasteiger partial charge in [-0.15, -0.1) is 11.8 Å². The van der Waals surface area contributed by atoms with Gasteiger partial charge in [0.15, 0.2) is 0 Å². The molecule has 0 aliphatic heterocycles. The smallest absolute Gasteiger partial charge is 0.316 e. The fourth-order valence-electron chi connectivity index (χ4n) is 1.40. The molecule has 0 saturated heterocycles. The van der Waals surface area contributed by atoms with Gasteiger partial charge >= 0.3 is 6.18 Å². The highest BCUT2D eigenvalue weighted by Gasteiger charge is 2.30. The summed E-state index contributed by atoms with van der Waals surface area (Å²) in [6.07, 6.45) is -2.45. The molecule has 0 unspecified atom stereocenters. The Kier molecular flexibility index (Phi) is 6.65. The van der Waals surface area contributed by atoms with Crippen LogP contribution in [0.2, 0.25) is 0 Å². The standard InChI is InChI=1S/C13H19F3N2S/c1-10(2)8-17-6-3-7-19-12-5-4-11(9-18-12)13(14,15)16/h4-5,9-10,17H,3,6-8H2,1-2H3. The maximum absolute atomic E-state index is 12.3. The van der Waals surface area contributed by atoms with E-state index in [1.54, 1.807) is 0 Å². The number of halogens is 3. The third kappa shape index (κ3) is 6.82. The van der Waals surface area contributed by atoms with Crippen LogP contribution in [0.25, 0.3) is 0 Å². The summed E-state index contributed by atoms with van der Waals surface area (Å²) in [6, 6.07) is 2.50. The first-order valence-corrected chi connectivity index (χ1v) is 7.25. The fraction of sp³-hybridized carbons (Fsp3) is 0.615. The molecule has 0 atom stereocenters. The second-order valence-corrected chi connectivity index (χ2v) is 5.80. The molecular formula is C13H19F3N2S. The van der Waals surface area contributed by atoms with Crippen molar-refractivity contribution in [2.75, 3.05) is 18.8 Å². The van der Waals surface area contributed by atoms with Gasteiger partial charge in [-0.3, -0.25) is 0 Å². The van der Waals surface area contributed by atoms with Crippen LogP contribution in [0.4, 0.5) is 13.2 Å². The molecule has 0 radical (unpaired) electrons. The first kappa shape index (κ1) is 16.3. The van der Waals surface area contributed by atoms with Gasteiger partial charge in [-0.2, -0.15) is 13.2 Å². The van der Waals surface area contributed by atoms with Crippen LogP contribution in [-0.4, -0.2) is 23.8 Å². The summed E-state index contributed by atoms with van der Waals surface area (Å²) in [5, 5.41) is 3.95. The molecule has 0 amide bonds. The molecule has 1 rings (SSSR count). The number of rotatable bonds is 7. The van der Waals surface area contributed by atoms with Gasteiger partial charge < -0.3 is 5.32 Å². The minimum absolute atomic E-state index is 0.629. The molecule has 108 valence electrons. The van der Waals surface area contributed by atoms with Gasteiger partial charge in [-0.1, -0.05) is 13.8 Å². The van der Waals surface area contributed by atoms with Gasteiger partial charge in [0.05, 0.1) is 10.6 Å². The largest absolute Gasteiger partial charge is 0.417 e. The van der Waals surface area contributed by atoms with Gasteiger partial charge in [-0.25, -0.2) is 4.98 Å². The third-order valence-corrected chi connectivity index (χ3v) is 3.39. The average Bonchev–Trinajstić information content (AvgIpc) is 2.32.